The molecule has 3 heteroatoms. The average molecular weight is 269 g/mol. The first-order chi connectivity index (χ1) is 9.81. The third kappa shape index (κ3) is 2.38. The van der Waals surface area contributed by atoms with Crippen LogP contribution in [0.5, 0.6) is 0 Å². The highest BCUT2D eigenvalue weighted by Gasteiger charge is 2.27. The molecule has 2 aromatic rings. The summed E-state index contributed by atoms with van der Waals surface area (Å²) in [4.78, 5) is 7.06. The molecule has 1 aliphatic heterocycles. The smallest absolute Gasteiger partial charge is 0.0722 e. The Balaban J connectivity index is 2.03. The van der Waals surface area contributed by atoms with Crippen molar-refractivity contribution < 1.29 is 0 Å². The van der Waals surface area contributed by atoms with E-state index < -0.39 is 0 Å². The Kier molecular flexibility index (Phi) is 3.88. The molecule has 2 unspecified atom stereocenters. The molecule has 1 N–H and O–H groups in total. The Labute approximate surface area is 121 Å². The molecule has 3 nitrogen and oxygen atoms in total. The van der Waals surface area contributed by atoms with Gasteiger partial charge in [0.1, 0.15) is 0 Å². The van der Waals surface area contributed by atoms with E-state index in [2.05, 4.69) is 59.5 Å². The molecule has 0 aliphatic carbocycles. The van der Waals surface area contributed by atoms with Crippen molar-refractivity contribution >= 4 is 16.6 Å². The molecule has 1 saturated heterocycles. The average Bonchev–Trinajstić information content (AvgIpc) is 2.53. The standard InChI is InChI=1S/C17H23N3/c1-13(18-2)16-9-5-6-12-20(16)17-10-11-19-15-8-4-3-7-14(15)17/h3-4,7-8,10-11,13,16,18H,5-6,9,12H2,1-2H3. The first-order valence-electron chi connectivity index (χ1n) is 7.59. The van der Waals surface area contributed by atoms with Gasteiger partial charge in [-0.1, -0.05) is 18.2 Å². The van der Waals surface area contributed by atoms with Gasteiger partial charge in [0, 0.05) is 35.9 Å². The van der Waals surface area contributed by atoms with Crippen molar-refractivity contribution in [3.05, 3.63) is 36.5 Å². The van der Waals surface area contributed by atoms with Crippen LogP contribution in [-0.2, 0) is 0 Å². The second-order valence-corrected chi connectivity index (χ2v) is 5.68. The monoisotopic (exact) mass is 269 g/mol. The summed E-state index contributed by atoms with van der Waals surface area (Å²) >= 11 is 0. The van der Waals surface area contributed by atoms with Crippen molar-refractivity contribution in [2.24, 2.45) is 0 Å². The summed E-state index contributed by atoms with van der Waals surface area (Å²) in [5.74, 6) is 0. The van der Waals surface area contributed by atoms with Gasteiger partial charge >= 0.3 is 0 Å². The van der Waals surface area contributed by atoms with Gasteiger partial charge in [0.15, 0.2) is 0 Å². The molecule has 2 heterocycles. The minimum atomic E-state index is 0.502. The first-order valence-corrected chi connectivity index (χ1v) is 7.59. The minimum Gasteiger partial charge on any atom is -0.366 e. The Morgan fingerprint density at radius 1 is 1.25 bits per heavy atom. The Bertz CT molecular complexity index is 576. The van der Waals surface area contributed by atoms with Gasteiger partial charge < -0.3 is 10.2 Å². The van der Waals surface area contributed by atoms with Crippen LogP contribution in [0.25, 0.3) is 10.9 Å². The van der Waals surface area contributed by atoms with Gasteiger partial charge in [-0.3, -0.25) is 4.98 Å². The van der Waals surface area contributed by atoms with E-state index in [4.69, 9.17) is 0 Å². The highest BCUT2D eigenvalue weighted by atomic mass is 15.2. The number of aromatic nitrogens is 1. The van der Waals surface area contributed by atoms with Crippen molar-refractivity contribution in [1.82, 2.24) is 10.3 Å². The number of fused-ring (bicyclic) bond motifs is 1. The van der Waals surface area contributed by atoms with Crippen molar-refractivity contribution in [3.63, 3.8) is 0 Å². The summed E-state index contributed by atoms with van der Waals surface area (Å²) in [6, 6.07) is 11.7. The molecule has 0 spiro atoms. The predicted molar refractivity (Wildman–Crippen MR) is 85.2 cm³/mol. The number of nitrogens with one attached hydrogen (secondary N) is 1. The zero-order chi connectivity index (χ0) is 13.9. The van der Waals surface area contributed by atoms with E-state index in [9.17, 15) is 0 Å². The molecule has 20 heavy (non-hydrogen) atoms. The van der Waals surface area contributed by atoms with E-state index in [1.807, 2.05) is 6.20 Å². The summed E-state index contributed by atoms with van der Waals surface area (Å²) in [5, 5.41) is 4.69. The molecule has 0 saturated carbocycles. The molecule has 3 rings (SSSR count). The van der Waals surface area contributed by atoms with Crippen molar-refractivity contribution in [2.75, 3.05) is 18.5 Å². The van der Waals surface area contributed by atoms with Gasteiger partial charge in [-0.05, 0) is 45.4 Å². The summed E-state index contributed by atoms with van der Waals surface area (Å²) in [7, 11) is 2.06. The molecule has 2 atom stereocenters. The summed E-state index contributed by atoms with van der Waals surface area (Å²) in [6.07, 6.45) is 5.81. The molecule has 1 aromatic carbocycles. The first kappa shape index (κ1) is 13.4. The second kappa shape index (κ2) is 5.80. The molecule has 106 valence electrons. The van der Waals surface area contributed by atoms with Crippen LogP contribution in [-0.4, -0.2) is 30.7 Å². The van der Waals surface area contributed by atoms with Crippen LogP contribution in [0.2, 0.25) is 0 Å². The Morgan fingerprint density at radius 2 is 2.10 bits per heavy atom. The quantitative estimate of drug-likeness (QED) is 0.927. The maximum atomic E-state index is 4.48. The molecule has 0 bridgehead atoms. The van der Waals surface area contributed by atoms with E-state index in [1.54, 1.807) is 0 Å². The molecule has 1 aromatic heterocycles. The predicted octanol–water partition coefficient (Wildman–Crippen LogP) is 3.20. The number of pyridine rings is 1. The van der Waals surface area contributed by atoms with Gasteiger partial charge in [-0.25, -0.2) is 0 Å². The second-order valence-electron chi connectivity index (χ2n) is 5.68. The minimum absolute atomic E-state index is 0.502. The SMILES string of the molecule is CNC(C)C1CCCCN1c1ccnc2ccccc12. The maximum absolute atomic E-state index is 4.48. The fourth-order valence-electron chi connectivity index (χ4n) is 3.30. The number of benzene rings is 1. The van der Waals surface area contributed by atoms with Crippen LogP contribution in [0.15, 0.2) is 36.5 Å². The van der Waals surface area contributed by atoms with E-state index >= 15 is 0 Å². The highest BCUT2D eigenvalue weighted by Crippen LogP contribution is 2.31. The van der Waals surface area contributed by atoms with Gasteiger partial charge in [-0.15, -0.1) is 0 Å². The summed E-state index contributed by atoms with van der Waals surface area (Å²) in [6.45, 7) is 3.43. The number of hydrogen-bond acceptors (Lipinski definition) is 3. The molecular formula is C17H23N3. The third-order valence-electron chi connectivity index (χ3n) is 4.52. The lowest BCUT2D eigenvalue weighted by Gasteiger charge is -2.41. The molecule has 0 radical (unpaired) electrons. The number of rotatable bonds is 3. The molecular weight excluding hydrogens is 246 g/mol. The topological polar surface area (TPSA) is 28.2 Å². The van der Waals surface area contributed by atoms with Crippen LogP contribution in [0.4, 0.5) is 5.69 Å². The normalized spacial score (nSPS) is 21.1. The number of likely N-dealkylation sites (N-methyl/N-ethyl adjacent to an activating group) is 1. The van der Waals surface area contributed by atoms with Gasteiger partial charge in [-0.2, -0.15) is 0 Å². The molecule has 1 fully saturated rings. The van der Waals surface area contributed by atoms with Crippen LogP contribution in [0, 0.1) is 0 Å². The van der Waals surface area contributed by atoms with Crippen molar-refractivity contribution in [3.8, 4) is 0 Å². The Hall–Kier alpha value is -1.61. The van der Waals surface area contributed by atoms with Crippen LogP contribution >= 0.6 is 0 Å². The van der Waals surface area contributed by atoms with E-state index in [0.29, 0.717) is 12.1 Å². The summed E-state index contributed by atoms with van der Waals surface area (Å²) < 4.78 is 0. The zero-order valence-electron chi connectivity index (χ0n) is 12.3. The van der Waals surface area contributed by atoms with Crippen LogP contribution in [0.1, 0.15) is 26.2 Å². The third-order valence-corrected chi connectivity index (χ3v) is 4.52. The van der Waals surface area contributed by atoms with E-state index in [1.165, 1.54) is 30.3 Å². The number of nitrogens with zero attached hydrogens (tertiary/aromatic N) is 2. The van der Waals surface area contributed by atoms with E-state index in [0.717, 1.165) is 12.1 Å². The number of para-hydroxylation sites is 1. The fourth-order valence-corrected chi connectivity index (χ4v) is 3.30. The van der Waals surface area contributed by atoms with Crippen LogP contribution < -0.4 is 10.2 Å². The van der Waals surface area contributed by atoms with Gasteiger partial charge in [0.25, 0.3) is 0 Å². The van der Waals surface area contributed by atoms with Crippen molar-refractivity contribution in [2.45, 2.75) is 38.3 Å². The lowest BCUT2D eigenvalue weighted by Crippen LogP contribution is -2.50. The lowest BCUT2D eigenvalue weighted by molar-refractivity contribution is 0.383. The van der Waals surface area contributed by atoms with Crippen LogP contribution in [0.3, 0.4) is 0 Å². The lowest BCUT2D eigenvalue weighted by atomic mass is 9.95. The molecule has 1 aliphatic rings. The number of anilines is 1. The number of hydrogen-bond donors (Lipinski definition) is 1. The molecule has 0 amide bonds. The largest absolute Gasteiger partial charge is 0.366 e. The van der Waals surface area contributed by atoms with E-state index in [-0.39, 0.29) is 0 Å². The Morgan fingerprint density at radius 3 is 2.95 bits per heavy atom. The van der Waals surface area contributed by atoms with Gasteiger partial charge in [0.2, 0.25) is 0 Å². The zero-order valence-corrected chi connectivity index (χ0v) is 12.3. The van der Waals surface area contributed by atoms with Crippen molar-refractivity contribution in [1.29, 1.82) is 0 Å². The number of piperidine rings is 1. The highest BCUT2D eigenvalue weighted by molar-refractivity contribution is 5.91. The fraction of sp³-hybridized carbons (Fsp3) is 0.471. The summed E-state index contributed by atoms with van der Waals surface area (Å²) in [5.41, 5.74) is 2.42. The van der Waals surface area contributed by atoms with Gasteiger partial charge in [0.05, 0.1) is 5.52 Å². The maximum Gasteiger partial charge on any atom is 0.0722 e.